The van der Waals surface area contributed by atoms with Crippen molar-refractivity contribution in [3.63, 3.8) is 0 Å². The molecule has 0 spiro atoms. The lowest BCUT2D eigenvalue weighted by atomic mass is 9.81. The van der Waals surface area contributed by atoms with Gasteiger partial charge in [-0.3, -0.25) is 0 Å². The fourth-order valence-electron chi connectivity index (χ4n) is 4.52. The SMILES string of the molecule is C[Si](C)(C)/C=C1/C(=C/[Si](C)(C)C)c2cc3ccc2CCc2ccc(cc21)CC3. The minimum Gasteiger partial charge on any atom is -0.0867 e. The highest BCUT2D eigenvalue weighted by Gasteiger charge is 2.26. The summed E-state index contributed by atoms with van der Waals surface area (Å²) in [6.07, 6.45) is 4.56. The molecule has 0 aromatic heterocycles. The Morgan fingerprint density at radius 2 is 0.964 bits per heavy atom. The molecule has 28 heavy (non-hydrogen) atoms. The molecule has 0 saturated carbocycles. The first-order valence-electron chi connectivity index (χ1n) is 10.8. The molecular formula is C26H34Si2. The van der Waals surface area contributed by atoms with Crippen molar-refractivity contribution in [2.75, 3.05) is 0 Å². The standard InChI is InChI=1S/C26H34Si2/c1-27(2,3)17-25-23-15-19-7-8-20-10-12-22(14-13-21(23)11-9-19)24(16-20)26(25)18-28(4,5)6/h9-12,15-18H,7-8,13-14H2,1-6H3/b25-17+,26-18+. The largest absolute Gasteiger partial charge is 0.0867 e. The summed E-state index contributed by atoms with van der Waals surface area (Å²) in [6, 6.07) is 14.7. The number of hydrogen-bond donors (Lipinski definition) is 0. The maximum atomic E-state index is 2.67. The van der Waals surface area contributed by atoms with Crippen LogP contribution in [0, 0.1) is 0 Å². The van der Waals surface area contributed by atoms with E-state index in [9.17, 15) is 0 Å². The van der Waals surface area contributed by atoms with E-state index in [1.165, 1.54) is 44.5 Å². The first kappa shape index (κ1) is 19.7. The van der Waals surface area contributed by atoms with Gasteiger partial charge in [-0.2, -0.15) is 0 Å². The zero-order chi connectivity index (χ0) is 20.1. The molecule has 0 nitrogen and oxygen atoms in total. The van der Waals surface area contributed by atoms with E-state index in [1.807, 2.05) is 0 Å². The fraction of sp³-hybridized carbons (Fsp3) is 0.385. The molecule has 2 aliphatic rings. The number of rotatable bonds is 2. The van der Waals surface area contributed by atoms with Gasteiger partial charge in [0.2, 0.25) is 0 Å². The molecule has 2 heteroatoms. The van der Waals surface area contributed by atoms with Crippen LogP contribution in [0.5, 0.6) is 0 Å². The van der Waals surface area contributed by atoms with Crippen LogP contribution in [0.25, 0.3) is 11.1 Å². The van der Waals surface area contributed by atoms with Gasteiger partial charge in [0.1, 0.15) is 0 Å². The van der Waals surface area contributed by atoms with Crippen LogP contribution >= 0.6 is 0 Å². The highest BCUT2D eigenvalue weighted by atomic mass is 28.3. The summed E-state index contributed by atoms with van der Waals surface area (Å²) in [5, 5.41) is 0. The summed E-state index contributed by atoms with van der Waals surface area (Å²) in [4.78, 5) is 0. The van der Waals surface area contributed by atoms with Crippen molar-refractivity contribution < 1.29 is 0 Å². The van der Waals surface area contributed by atoms with Gasteiger partial charge in [0.15, 0.2) is 0 Å². The Bertz CT molecular complexity index is 897. The van der Waals surface area contributed by atoms with E-state index in [4.69, 9.17) is 0 Å². The second kappa shape index (κ2) is 7.00. The maximum absolute atomic E-state index is 2.67. The molecule has 0 amide bonds. The molecule has 2 aromatic rings. The summed E-state index contributed by atoms with van der Waals surface area (Å²) < 4.78 is 0. The average molecular weight is 403 g/mol. The molecule has 4 bridgehead atoms. The van der Waals surface area contributed by atoms with Crippen LogP contribution in [0.2, 0.25) is 39.3 Å². The van der Waals surface area contributed by atoms with Crippen LogP contribution < -0.4 is 0 Å². The predicted molar refractivity (Wildman–Crippen MR) is 130 cm³/mol. The van der Waals surface area contributed by atoms with E-state index in [-0.39, 0.29) is 0 Å². The van der Waals surface area contributed by atoms with Crippen molar-refractivity contribution in [1.29, 1.82) is 0 Å². The van der Waals surface area contributed by atoms with Gasteiger partial charge in [-0.15, -0.1) is 0 Å². The molecule has 0 fully saturated rings. The molecule has 0 heterocycles. The summed E-state index contributed by atoms with van der Waals surface area (Å²) >= 11 is 0. The Labute approximate surface area is 173 Å². The Morgan fingerprint density at radius 3 is 1.32 bits per heavy atom. The first-order chi connectivity index (χ1) is 13.1. The third kappa shape index (κ3) is 4.18. The molecule has 0 atom stereocenters. The molecule has 0 aliphatic heterocycles. The normalized spacial score (nSPS) is 19.4. The van der Waals surface area contributed by atoms with Gasteiger partial charge in [0.05, 0.1) is 16.1 Å². The quantitative estimate of drug-likeness (QED) is 0.470. The predicted octanol–water partition coefficient (Wildman–Crippen LogP) is 7.11. The Balaban J connectivity index is 2.13. The summed E-state index contributed by atoms with van der Waals surface area (Å²) in [6.45, 7) is 14.8. The molecular weight excluding hydrogens is 368 g/mol. The molecule has 0 saturated heterocycles. The van der Waals surface area contributed by atoms with E-state index < -0.39 is 16.1 Å². The van der Waals surface area contributed by atoms with E-state index >= 15 is 0 Å². The number of fused-ring (bicyclic) bond motifs is 3. The van der Waals surface area contributed by atoms with E-state index in [0.29, 0.717) is 0 Å². The summed E-state index contributed by atoms with van der Waals surface area (Å²) in [7, 11) is -2.78. The van der Waals surface area contributed by atoms with E-state index in [0.717, 1.165) is 25.7 Å². The van der Waals surface area contributed by atoms with Crippen LogP contribution in [-0.4, -0.2) is 16.1 Å². The van der Waals surface area contributed by atoms with Gasteiger partial charge in [0.25, 0.3) is 0 Å². The van der Waals surface area contributed by atoms with Crippen molar-refractivity contribution in [2.45, 2.75) is 65.0 Å². The summed E-state index contributed by atoms with van der Waals surface area (Å²) in [5.74, 6) is 0. The maximum Gasteiger partial charge on any atom is 0.0695 e. The summed E-state index contributed by atoms with van der Waals surface area (Å²) in [5.41, 5.74) is 17.5. The molecule has 0 N–H and O–H groups in total. The molecule has 146 valence electrons. The average Bonchev–Trinajstić information content (AvgIpc) is 2.57. The Hall–Kier alpha value is -1.65. The van der Waals surface area contributed by atoms with Gasteiger partial charge >= 0.3 is 0 Å². The number of benzene rings is 2. The van der Waals surface area contributed by atoms with Crippen molar-refractivity contribution in [1.82, 2.24) is 0 Å². The molecule has 4 rings (SSSR count). The Morgan fingerprint density at radius 1 is 0.571 bits per heavy atom. The fourth-order valence-corrected chi connectivity index (χ4v) is 6.87. The third-order valence-electron chi connectivity index (χ3n) is 5.74. The second-order valence-electron chi connectivity index (χ2n) is 10.8. The van der Waals surface area contributed by atoms with Crippen LogP contribution in [0.4, 0.5) is 0 Å². The van der Waals surface area contributed by atoms with Crippen LogP contribution in [0.15, 0.2) is 47.8 Å². The Kier molecular flexibility index (Phi) is 4.91. The lowest BCUT2D eigenvalue weighted by molar-refractivity contribution is 0.912. The number of allylic oxidation sites excluding steroid dienone is 2. The minimum absolute atomic E-state index is 1.14. The van der Waals surface area contributed by atoms with Crippen LogP contribution in [0.3, 0.4) is 0 Å². The lowest BCUT2D eigenvalue weighted by Gasteiger charge is -2.28. The van der Waals surface area contributed by atoms with Crippen LogP contribution in [0.1, 0.15) is 33.4 Å². The number of aryl methyl sites for hydroxylation is 4. The van der Waals surface area contributed by atoms with Gasteiger partial charge in [-0.05, 0) is 70.2 Å². The molecule has 0 unspecified atom stereocenters. The highest BCUT2D eigenvalue weighted by Crippen LogP contribution is 2.41. The van der Waals surface area contributed by atoms with Gasteiger partial charge in [-0.1, -0.05) is 87.1 Å². The highest BCUT2D eigenvalue weighted by molar-refractivity contribution is 6.83. The van der Waals surface area contributed by atoms with Crippen molar-refractivity contribution >= 4 is 27.3 Å². The zero-order valence-electron chi connectivity index (χ0n) is 18.4. The van der Waals surface area contributed by atoms with E-state index in [1.54, 1.807) is 0 Å². The molecule has 2 aliphatic carbocycles. The molecule has 2 aromatic carbocycles. The van der Waals surface area contributed by atoms with Crippen molar-refractivity contribution in [3.05, 3.63) is 81.2 Å². The van der Waals surface area contributed by atoms with Crippen molar-refractivity contribution in [3.8, 4) is 0 Å². The zero-order valence-corrected chi connectivity index (χ0v) is 20.4. The monoisotopic (exact) mass is 402 g/mol. The smallest absolute Gasteiger partial charge is 0.0695 e. The first-order valence-corrected chi connectivity index (χ1v) is 17.9. The van der Waals surface area contributed by atoms with Gasteiger partial charge < -0.3 is 0 Å². The van der Waals surface area contributed by atoms with Crippen LogP contribution in [-0.2, 0) is 25.7 Å². The second-order valence-corrected chi connectivity index (χ2v) is 20.9. The van der Waals surface area contributed by atoms with E-state index in [2.05, 4.69) is 87.1 Å². The third-order valence-corrected chi connectivity index (χ3v) is 8.05. The minimum atomic E-state index is -1.39. The van der Waals surface area contributed by atoms with Gasteiger partial charge in [-0.25, -0.2) is 0 Å². The topological polar surface area (TPSA) is 0 Å². The van der Waals surface area contributed by atoms with Gasteiger partial charge in [0, 0.05) is 0 Å². The number of hydrogen-bond acceptors (Lipinski definition) is 0. The molecule has 0 radical (unpaired) electrons. The van der Waals surface area contributed by atoms with Crippen molar-refractivity contribution in [2.24, 2.45) is 0 Å². The lowest BCUT2D eigenvalue weighted by Crippen LogP contribution is -2.21.